The van der Waals surface area contributed by atoms with Crippen LogP contribution in [0.2, 0.25) is 0 Å². The van der Waals surface area contributed by atoms with Gasteiger partial charge in [0.2, 0.25) is 0 Å². The van der Waals surface area contributed by atoms with Crippen molar-refractivity contribution in [3.63, 3.8) is 0 Å². The summed E-state index contributed by atoms with van der Waals surface area (Å²) in [6.45, 7) is 1.97. The minimum atomic E-state index is -0.857. The number of allylic oxidation sites excluding steroid dienone is 2. The smallest absolute Gasteiger partial charge is 0.307 e. The third-order valence-corrected chi connectivity index (χ3v) is 5.19. The number of rotatable bonds is 6. The van der Waals surface area contributed by atoms with Crippen LogP contribution in [0.15, 0.2) is 78.4 Å². The zero-order chi connectivity index (χ0) is 21.1. The van der Waals surface area contributed by atoms with E-state index in [1.165, 1.54) is 0 Å². The fraction of sp³-hybridized carbons (Fsp3) is 0.115. The van der Waals surface area contributed by atoms with Crippen molar-refractivity contribution < 1.29 is 19.4 Å². The lowest BCUT2D eigenvalue weighted by Crippen LogP contribution is -1.98. The number of carboxylic acid groups (broad SMARTS) is 1. The van der Waals surface area contributed by atoms with Gasteiger partial charge < -0.3 is 14.6 Å². The zero-order valence-corrected chi connectivity index (χ0v) is 16.9. The molecule has 3 aromatic rings. The zero-order valence-electron chi connectivity index (χ0n) is 16.9. The van der Waals surface area contributed by atoms with E-state index >= 15 is 0 Å². The van der Waals surface area contributed by atoms with Crippen LogP contribution >= 0.6 is 0 Å². The number of benzene rings is 3. The number of hydrogen-bond acceptors (Lipinski definition) is 3. The third kappa shape index (κ3) is 3.85. The lowest BCUT2D eigenvalue weighted by atomic mass is 10.00. The fourth-order valence-electron chi connectivity index (χ4n) is 3.77. The van der Waals surface area contributed by atoms with Gasteiger partial charge in [-0.25, -0.2) is 0 Å². The summed E-state index contributed by atoms with van der Waals surface area (Å²) in [4.78, 5) is 11.5. The highest BCUT2D eigenvalue weighted by molar-refractivity contribution is 6.08. The van der Waals surface area contributed by atoms with E-state index in [2.05, 4.69) is 6.08 Å². The molecule has 0 heterocycles. The van der Waals surface area contributed by atoms with Gasteiger partial charge in [0, 0.05) is 5.56 Å². The molecule has 4 rings (SSSR count). The molecule has 0 saturated heterocycles. The van der Waals surface area contributed by atoms with Crippen molar-refractivity contribution in [2.75, 3.05) is 7.11 Å². The molecule has 1 N–H and O–H groups in total. The Morgan fingerprint density at radius 2 is 1.63 bits per heavy atom. The van der Waals surface area contributed by atoms with Crippen LogP contribution in [-0.4, -0.2) is 18.2 Å². The van der Waals surface area contributed by atoms with E-state index < -0.39 is 5.97 Å². The topological polar surface area (TPSA) is 55.8 Å². The maximum atomic E-state index is 11.5. The fourth-order valence-corrected chi connectivity index (χ4v) is 3.77. The van der Waals surface area contributed by atoms with E-state index in [1.54, 1.807) is 7.11 Å². The van der Waals surface area contributed by atoms with E-state index in [9.17, 15) is 9.90 Å². The SMILES string of the molecule is COc1cccc2c1C(CC(=O)O)=C(C)/C2=C/c1ccc(Oc2ccccc2)cc1. The predicted octanol–water partition coefficient (Wildman–Crippen LogP) is 6.29. The summed E-state index contributed by atoms with van der Waals surface area (Å²) in [7, 11) is 1.61. The molecule has 1 aliphatic rings. The van der Waals surface area contributed by atoms with Gasteiger partial charge in [-0.05, 0) is 71.2 Å². The molecular weight excluding hydrogens is 376 g/mol. The Kier molecular flexibility index (Phi) is 5.40. The summed E-state index contributed by atoms with van der Waals surface area (Å²) in [6, 6.07) is 23.3. The Morgan fingerprint density at radius 3 is 2.30 bits per heavy atom. The monoisotopic (exact) mass is 398 g/mol. The molecule has 0 spiro atoms. The van der Waals surface area contributed by atoms with Crippen LogP contribution in [0.25, 0.3) is 17.2 Å². The summed E-state index contributed by atoms with van der Waals surface area (Å²) in [6.07, 6.45) is 2.04. The van der Waals surface area contributed by atoms with Crippen LogP contribution in [-0.2, 0) is 4.79 Å². The number of para-hydroxylation sites is 1. The molecule has 0 atom stereocenters. The van der Waals surface area contributed by atoms with Crippen molar-refractivity contribution in [2.45, 2.75) is 13.3 Å². The highest BCUT2D eigenvalue weighted by Gasteiger charge is 2.28. The minimum Gasteiger partial charge on any atom is -0.496 e. The molecule has 150 valence electrons. The Morgan fingerprint density at radius 1 is 0.933 bits per heavy atom. The van der Waals surface area contributed by atoms with Crippen LogP contribution < -0.4 is 9.47 Å². The van der Waals surface area contributed by atoms with Crippen LogP contribution in [0.1, 0.15) is 30.0 Å². The highest BCUT2D eigenvalue weighted by atomic mass is 16.5. The van der Waals surface area contributed by atoms with Crippen molar-refractivity contribution in [1.29, 1.82) is 0 Å². The van der Waals surface area contributed by atoms with Crippen molar-refractivity contribution >= 4 is 23.2 Å². The molecule has 3 aromatic carbocycles. The van der Waals surface area contributed by atoms with E-state index in [4.69, 9.17) is 9.47 Å². The van der Waals surface area contributed by atoms with Gasteiger partial charge in [-0.3, -0.25) is 4.79 Å². The molecule has 4 nitrogen and oxygen atoms in total. The van der Waals surface area contributed by atoms with Gasteiger partial charge in [0.25, 0.3) is 0 Å². The molecule has 0 aromatic heterocycles. The standard InChI is InChI=1S/C26H22O4/c1-17-22(21-9-6-10-24(29-2)26(21)23(17)16-25(27)28)15-18-11-13-20(14-12-18)30-19-7-4-3-5-8-19/h3-15H,16H2,1-2H3,(H,27,28)/b22-15-. The molecule has 0 radical (unpaired) electrons. The molecule has 0 amide bonds. The largest absolute Gasteiger partial charge is 0.496 e. The van der Waals surface area contributed by atoms with Crippen LogP contribution in [0.5, 0.6) is 17.2 Å². The normalized spacial score (nSPS) is 14.0. The van der Waals surface area contributed by atoms with Gasteiger partial charge in [-0.2, -0.15) is 0 Å². The summed E-state index contributed by atoms with van der Waals surface area (Å²) in [5.41, 5.74) is 5.64. The molecule has 4 heteroatoms. The van der Waals surface area contributed by atoms with Crippen LogP contribution in [0, 0.1) is 0 Å². The first-order valence-electron chi connectivity index (χ1n) is 9.71. The number of aliphatic carboxylic acids is 1. The van der Waals surface area contributed by atoms with Gasteiger partial charge >= 0.3 is 5.97 Å². The lowest BCUT2D eigenvalue weighted by molar-refractivity contribution is -0.135. The van der Waals surface area contributed by atoms with Gasteiger partial charge in [0.05, 0.1) is 13.5 Å². The van der Waals surface area contributed by atoms with Crippen molar-refractivity contribution in [3.05, 3.63) is 95.1 Å². The predicted molar refractivity (Wildman–Crippen MR) is 119 cm³/mol. The second-order valence-electron chi connectivity index (χ2n) is 7.10. The summed E-state index contributed by atoms with van der Waals surface area (Å²) in [5, 5.41) is 9.40. The first kappa shape index (κ1) is 19.5. The Hall–Kier alpha value is -3.79. The summed E-state index contributed by atoms with van der Waals surface area (Å²) >= 11 is 0. The number of methoxy groups -OCH3 is 1. The molecular formula is C26H22O4. The number of hydrogen-bond donors (Lipinski definition) is 1. The van der Waals surface area contributed by atoms with Gasteiger partial charge in [-0.1, -0.05) is 42.5 Å². The second-order valence-corrected chi connectivity index (χ2v) is 7.10. The molecule has 0 unspecified atom stereocenters. The summed E-state index contributed by atoms with van der Waals surface area (Å²) in [5.74, 6) is 1.39. The molecule has 0 aliphatic heterocycles. The molecule has 0 bridgehead atoms. The van der Waals surface area contributed by atoms with Gasteiger partial charge in [0.1, 0.15) is 17.2 Å². The van der Waals surface area contributed by atoms with Crippen LogP contribution in [0.4, 0.5) is 0 Å². The van der Waals surface area contributed by atoms with Gasteiger partial charge in [-0.15, -0.1) is 0 Å². The maximum absolute atomic E-state index is 11.5. The number of carbonyl (C=O) groups is 1. The maximum Gasteiger partial charge on any atom is 0.307 e. The quantitative estimate of drug-likeness (QED) is 0.530. The van der Waals surface area contributed by atoms with Gasteiger partial charge in [0.15, 0.2) is 0 Å². The van der Waals surface area contributed by atoms with Crippen molar-refractivity contribution in [1.82, 2.24) is 0 Å². The number of carboxylic acids is 1. The Bertz CT molecular complexity index is 1140. The first-order chi connectivity index (χ1) is 14.6. The average Bonchev–Trinajstić information content (AvgIpc) is 3.01. The summed E-state index contributed by atoms with van der Waals surface area (Å²) < 4.78 is 11.4. The van der Waals surface area contributed by atoms with Crippen molar-refractivity contribution in [2.24, 2.45) is 0 Å². The number of fused-ring (bicyclic) bond motifs is 1. The van der Waals surface area contributed by atoms with E-state index in [-0.39, 0.29) is 6.42 Å². The van der Waals surface area contributed by atoms with Crippen molar-refractivity contribution in [3.8, 4) is 17.2 Å². The molecule has 1 aliphatic carbocycles. The second kappa shape index (κ2) is 8.29. The molecule has 0 saturated carbocycles. The highest BCUT2D eigenvalue weighted by Crippen LogP contribution is 2.47. The molecule has 0 fully saturated rings. The Balaban J connectivity index is 1.69. The number of ether oxygens (including phenoxy) is 2. The lowest BCUT2D eigenvalue weighted by Gasteiger charge is -2.10. The van der Waals surface area contributed by atoms with E-state index in [1.807, 2.05) is 79.7 Å². The van der Waals surface area contributed by atoms with E-state index in [0.717, 1.165) is 44.9 Å². The third-order valence-electron chi connectivity index (χ3n) is 5.19. The van der Waals surface area contributed by atoms with Crippen LogP contribution in [0.3, 0.4) is 0 Å². The Labute approximate surface area is 175 Å². The van der Waals surface area contributed by atoms with E-state index in [0.29, 0.717) is 5.75 Å². The average molecular weight is 398 g/mol. The first-order valence-corrected chi connectivity index (χ1v) is 9.71. The molecule has 30 heavy (non-hydrogen) atoms. The minimum absolute atomic E-state index is 0.0413.